The number of hydrogen-bond donors (Lipinski definition) is 3. The van der Waals surface area contributed by atoms with Gasteiger partial charge < -0.3 is 16.0 Å². The molecule has 0 radical (unpaired) electrons. The molecule has 0 saturated carbocycles. The molecule has 3 N–H and O–H groups in total. The van der Waals surface area contributed by atoms with Crippen molar-refractivity contribution in [2.75, 3.05) is 18.4 Å². The van der Waals surface area contributed by atoms with E-state index in [1.807, 2.05) is 0 Å². The molecule has 2 amide bonds. The molecule has 1 aromatic carbocycles. The smallest absolute Gasteiger partial charge is 0.254 e. The van der Waals surface area contributed by atoms with E-state index in [0.29, 0.717) is 12.2 Å². The van der Waals surface area contributed by atoms with Gasteiger partial charge in [0, 0.05) is 25.2 Å². The maximum Gasteiger partial charge on any atom is 0.254 e. The van der Waals surface area contributed by atoms with Crippen LogP contribution in [-0.4, -0.2) is 30.9 Å². The molecule has 1 aliphatic rings. The summed E-state index contributed by atoms with van der Waals surface area (Å²) in [4.78, 5) is 22.9. The second kappa shape index (κ2) is 7.95. The van der Waals surface area contributed by atoms with Gasteiger partial charge in [-0.1, -0.05) is 0 Å². The SMILES string of the molecule is CC(=O)Nc1ccc(F)c(C(=O)NCC2CCCN2)c1.Cl. The van der Waals surface area contributed by atoms with E-state index in [-0.39, 0.29) is 29.9 Å². The first-order valence-electron chi connectivity index (χ1n) is 6.65. The van der Waals surface area contributed by atoms with Crippen molar-refractivity contribution in [1.29, 1.82) is 0 Å². The lowest BCUT2D eigenvalue weighted by atomic mass is 10.1. The highest BCUT2D eigenvalue weighted by atomic mass is 35.5. The molecule has 1 aromatic rings. The molecule has 5 nitrogen and oxygen atoms in total. The highest BCUT2D eigenvalue weighted by Gasteiger charge is 2.17. The van der Waals surface area contributed by atoms with Gasteiger partial charge in [-0.05, 0) is 37.6 Å². The Morgan fingerprint density at radius 3 is 2.81 bits per heavy atom. The maximum absolute atomic E-state index is 13.7. The van der Waals surface area contributed by atoms with Crippen molar-refractivity contribution in [2.24, 2.45) is 0 Å². The Hall–Kier alpha value is -1.66. The quantitative estimate of drug-likeness (QED) is 0.792. The molecular formula is C14H19ClFN3O2. The largest absolute Gasteiger partial charge is 0.350 e. The lowest BCUT2D eigenvalue weighted by Crippen LogP contribution is -2.37. The predicted molar refractivity (Wildman–Crippen MR) is 81.3 cm³/mol. The molecule has 116 valence electrons. The summed E-state index contributed by atoms with van der Waals surface area (Å²) < 4.78 is 13.7. The van der Waals surface area contributed by atoms with Gasteiger partial charge in [0.1, 0.15) is 5.82 Å². The molecule has 0 bridgehead atoms. The minimum absolute atomic E-state index is 0. The molecule has 1 unspecified atom stereocenters. The number of amides is 2. The topological polar surface area (TPSA) is 70.2 Å². The Morgan fingerprint density at radius 2 is 2.19 bits per heavy atom. The fraction of sp³-hybridized carbons (Fsp3) is 0.429. The first-order valence-corrected chi connectivity index (χ1v) is 6.65. The highest BCUT2D eigenvalue weighted by Crippen LogP contribution is 2.15. The molecule has 0 spiro atoms. The summed E-state index contributed by atoms with van der Waals surface area (Å²) in [7, 11) is 0. The molecule has 21 heavy (non-hydrogen) atoms. The molecule has 1 heterocycles. The lowest BCUT2D eigenvalue weighted by Gasteiger charge is -2.12. The van der Waals surface area contributed by atoms with Crippen LogP contribution in [0.15, 0.2) is 18.2 Å². The van der Waals surface area contributed by atoms with Gasteiger partial charge in [-0.3, -0.25) is 9.59 Å². The lowest BCUT2D eigenvalue weighted by molar-refractivity contribution is -0.114. The minimum atomic E-state index is -0.601. The number of hydrogen-bond acceptors (Lipinski definition) is 3. The summed E-state index contributed by atoms with van der Waals surface area (Å²) >= 11 is 0. The Morgan fingerprint density at radius 1 is 1.43 bits per heavy atom. The summed E-state index contributed by atoms with van der Waals surface area (Å²) in [6, 6.07) is 4.19. The number of rotatable bonds is 4. The number of benzene rings is 1. The van der Waals surface area contributed by atoms with Crippen LogP contribution in [0.4, 0.5) is 10.1 Å². The second-order valence-corrected chi connectivity index (χ2v) is 4.88. The van der Waals surface area contributed by atoms with Crippen molar-refractivity contribution in [3.8, 4) is 0 Å². The fourth-order valence-electron chi connectivity index (χ4n) is 2.22. The summed E-state index contributed by atoms with van der Waals surface area (Å²) in [5.41, 5.74) is 0.345. The van der Waals surface area contributed by atoms with E-state index >= 15 is 0 Å². The number of carbonyl (C=O) groups excluding carboxylic acids is 2. The second-order valence-electron chi connectivity index (χ2n) is 4.88. The van der Waals surface area contributed by atoms with Crippen LogP contribution in [0.25, 0.3) is 0 Å². The summed E-state index contributed by atoms with van der Waals surface area (Å²) in [5, 5.41) is 8.48. The molecule has 2 rings (SSSR count). The summed E-state index contributed by atoms with van der Waals surface area (Å²) in [5.74, 6) is -1.34. The monoisotopic (exact) mass is 315 g/mol. The van der Waals surface area contributed by atoms with E-state index in [9.17, 15) is 14.0 Å². The van der Waals surface area contributed by atoms with Crippen molar-refractivity contribution in [3.63, 3.8) is 0 Å². The van der Waals surface area contributed by atoms with Crippen molar-refractivity contribution in [1.82, 2.24) is 10.6 Å². The van der Waals surface area contributed by atoms with Gasteiger partial charge in [0.2, 0.25) is 5.91 Å². The summed E-state index contributed by atoms with van der Waals surface area (Å²) in [6.45, 7) is 2.78. The van der Waals surface area contributed by atoms with Gasteiger partial charge in [0.15, 0.2) is 0 Å². The van der Waals surface area contributed by atoms with Crippen molar-refractivity contribution < 1.29 is 14.0 Å². The van der Waals surface area contributed by atoms with Crippen LogP contribution in [0, 0.1) is 5.82 Å². The van der Waals surface area contributed by atoms with Crippen LogP contribution < -0.4 is 16.0 Å². The third kappa shape index (κ3) is 4.99. The van der Waals surface area contributed by atoms with Gasteiger partial charge >= 0.3 is 0 Å². The van der Waals surface area contributed by atoms with Crippen molar-refractivity contribution in [2.45, 2.75) is 25.8 Å². The van der Waals surface area contributed by atoms with E-state index in [1.165, 1.54) is 25.1 Å². The number of carbonyl (C=O) groups is 2. The Labute approximate surface area is 129 Å². The minimum Gasteiger partial charge on any atom is -0.350 e. The fourth-order valence-corrected chi connectivity index (χ4v) is 2.22. The number of nitrogens with one attached hydrogen (secondary N) is 3. The van der Waals surface area contributed by atoms with Crippen molar-refractivity contribution in [3.05, 3.63) is 29.6 Å². The molecule has 1 atom stereocenters. The third-order valence-electron chi connectivity index (χ3n) is 3.20. The molecule has 7 heteroatoms. The molecule has 0 aliphatic carbocycles. The standard InChI is InChI=1S/C14H18FN3O2.ClH/c1-9(19)18-10-4-5-13(15)12(7-10)14(20)17-8-11-3-2-6-16-11;/h4-5,7,11,16H,2-3,6,8H2,1H3,(H,17,20)(H,18,19);1H. The van der Waals surface area contributed by atoms with Crippen LogP contribution in [-0.2, 0) is 4.79 Å². The van der Waals surface area contributed by atoms with Gasteiger partial charge in [0.05, 0.1) is 5.56 Å². The normalized spacial score (nSPS) is 17.0. The zero-order chi connectivity index (χ0) is 14.5. The predicted octanol–water partition coefficient (Wildman–Crippen LogP) is 1.69. The molecule has 0 aromatic heterocycles. The molecular weight excluding hydrogens is 297 g/mol. The van der Waals surface area contributed by atoms with E-state index in [4.69, 9.17) is 0 Å². The van der Waals surface area contributed by atoms with E-state index in [0.717, 1.165) is 19.4 Å². The van der Waals surface area contributed by atoms with Gasteiger partial charge in [-0.15, -0.1) is 12.4 Å². The van der Waals surface area contributed by atoms with E-state index in [1.54, 1.807) is 0 Å². The van der Waals surface area contributed by atoms with E-state index in [2.05, 4.69) is 16.0 Å². The van der Waals surface area contributed by atoms with E-state index < -0.39 is 11.7 Å². The molecule has 1 aliphatic heterocycles. The van der Waals surface area contributed by atoms with Crippen LogP contribution in [0.5, 0.6) is 0 Å². The van der Waals surface area contributed by atoms with Crippen LogP contribution in [0.1, 0.15) is 30.1 Å². The van der Waals surface area contributed by atoms with Crippen molar-refractivity contribution >= 4 is 29.9 Å². The maximum atomic E-state index is 13.7. The van der Waals surface area contributed by atoms with Crippen LogP contribution >= 0.6 is 12.4 Å². The third-order valence-corrected chi connectivity index (χ3v) is 3.20. The van der Waals surface area contributed by atoms with Gasteiger partial charge in [-0.2, -0.15) is 0 Å². The zero-order valence-corrected chi connectivity index (χ0v) is 12.6. The van der Waals surface area contributed by atoms with Gasteiger partial charge in [-0.25, -0.2) is 4.39 Å². The Balaban J connectivity index is 0.00000220. The average Bonchev–Trinajstić information content (AvgIpc) is 2.91. The molecule has 1 saturated heterocycles. The number of halogens is 2. The zero-order valence-electron chi connectivity index (χ0n) is 11.7. The molecule has 1 fully saturated rings. The average molecular weight is 316 g/mol. The Bertz CT molecular complexity index is 519. The first kappa shape index (κ1) is 17.4. The summed E-state index contributed by atoms with van der Waals surface area (Å²) in [6.07, 6.45) is 2.10. The first-order chi connectivity index (χ1) is 9.56. The van der Waals surface area contributed by atoms with Gasteiger partial charge in [0.25, 0.3) is 5.91 Å². The Kier molecular flexibility index (Phi) is 6.58. The number of anilines is 1. The highest BCUT2D eigenvalue weighted by molar-refractivity contribution is 5.97. The van der Waals surface area contributed by atoms with Crippen LogP contribution in [0.3, 0.4) is 0 Å². The van der Waals surface area contributed by atoms with Crippen LogP contribution in [0.2, 0.25) is 0 Å².